The van der Waals surface area contributed by atoms with Gasteiger partial charge in [0.25, 0.3) is 0 Å². The molecule has 7 nitrogen and oxygen atoms in total. The van der Waals surface area contributed by atoms with E-state index in [1.54, 1.807) is 26.2 Å². The monoisotopic (exact) mass is 562 g/mol. The highest BCUT2D eigenvalue weighted by atomic mass is 16.6. The Morgan fingerprint density at radius 3 is 2.34 bits per heavy atom. The van der Waals surface area contributed by atoms with Gasteiger partial charge >= 0.3 is 11.9 Å². The molecule has 0 heterocycles. The Kier molecular flexibility index (Phi) is 8.49. The third-order valence-electron chi connectivity index (χ3n) is 10.4. The van der Waals surface area contributed by atoms with Gasteiger partial charge in [-0.1, -0.05) is 43.7 Å². The van der Waals surface area contributed by atoms with Crippen LogP contribution in [0.1, 0.15) is 78.7 Å². The first kappa shape index (κ1) is 30.5. The average molecular weight is 563 g/mol. The second-order valence-corrected chi connectivity index (χ2v) is 12.5. The lowest BCUT2D eigenvalue weighted by molar-refractivity contribution is -0.185. The number of para-hydroxylation sites is 1. The number of carbonyl (C=O) groups is 4. The van der Waals surface area contributed by atoms with E-state index in [2.05, 4.69) is 26.8 Å². The van der Waals surface area contributed by atoms with Crippen molar-refractivity contribution in [2.24, 2.45) is 28.6 Å². The molecule has 2 fully saturated rings. The van der Waals surface area contributed by atoms with E-state index in [0.29, 0.717) is 36.3 Å². The number of carboxylic acid groups (broad SMARTS) is 1. The van der Waals surface area contributed by atoms with Crippen LogP contribution in [0.2, 0.25) is 0 Å². The second-order valence-electron chi connectivity index (χ2n) is 12.5. The molecule has 0 amide bonds. The van der Waals surface area contributed by atoms with E-state index in [1.807, 2.05) is 18.2 Å². The topological polar surface area (TPSA) is 107 Å². The third-order valence-corrected chi connectivity index (χ3v) is 10.4. The van der Waals surface area contributed by atoms with Crippen molar-refractivity contribution >= 4 is 29.6 Å². The summed E-state index contributed by atoms with van der Waals surface area (Å²) in [6.07, 6.45) is 11.8. The number of fused-ring (bicyclic) bond motifs is 5. The Morgan fingerprint density at radius 2 is 1.71 bits per heavy atom. The number of allylic oxidation sites excluding steroid dienone is 4. The summed E-state index contributed by atoms with van der Waals surface area (Å²) >= 11 is 0. The highest BCUT2D eigenvalue weighted by Gasteiger charge is 2.67. The molecule has 1 N–H and O–H groups in total. The van der Waals surface area contributed by atoms with Gasteiger partial charge in [0.2, 0.25) is 0 Å². The molecule has 1 aromatic rings. The van der Waals surface area contributed by atoms with Crippen molar-refractivity contribution in [1.82, 2.24) is 0 Å². The summed E-state index contributed by atoms with van der Waals surface area (Å²) in [5.41, 5.74) is 1.91. The van der Waals surface area contributed by atoms with Crippen LogP contribution in [0.5, 0.6) is 5.75 Å². The lowest BCUT2D eigenvalue weighted by Gasteiger charge is -2.58. The molecule has 6 atom stereocenters. The van der Waals surface area contributed by atoms with Crippen LogP contribution in [0.25, 0.3) is 6.08 Å². The molecular weight excluding hydrogens is 520 g/mol. The number of hydrogen-bond donors (Lipinski definition) is 1. The third kappa shape index (κ3) is 5.31. The fourth-order valence-electron chi connectivity index (χ4n) is 8.44. The normalized spacial score (nSPS) is 33.7. The molecular formula is C34H42O7. The maximum Gasteiger partial charge on any atom is 0.328 e. The number of ether oxygens (including phenoxy) is 2. The Balaban J connectivity index is 0.000000251. The van der Waals surface area contributed by atoms with Crippen LogP contribution < -0.4 is 4.74 Å². The number of carbonyl (C=O) groups excluding carboxylic acids is 3. The van der Waals surface area contributed by atoms with Gasteiger partial charge in [-0.2, -0.15) is 0 Å². The van der Waals surface area contributed by atoms with Crippen molar-refractivity contribution in [3.63, 3.8) is 0 Å². The fraction of sp³-hybridized carbons (Fsp3) is 0.529. The van der Waals surface area contributed by atoms with Crippen molar-refractivity contribution in [1.29, 1.82) is 0 Å². The molecule has 220 valence electrons. The van der Waals surface area contributed by atoms with Gasteiger partial charge in [0.05, 0.1) is 7.11 Å². The van der Waals surface area contributed by atoms with Crippen molar-refractivity contribution < 1.29 is 33.8 Å². The molecule has 0 aliphatic heterocycles. The molecule has 6 unspecified atom stereocenters. The Morgan fingerprint density at radius 1 is 1.02 bits per heavy atom. The maximum absolute atomic E-state index is 12.8. The van der Waals surface area contributed by atoms with Gasteiger partial charge < -0.3 is 14.6 Å². The number of Topliss-reactive ketones (excluding diaryl/α,β-unsaturated/α-hetero) is 1. The zero-order valence-electron chi connectivity index (χ0n) is 25.0. The van der Waals surface area contributed by atoms with E-state index in [1.165, 1.54) is 24.1 Å². The van der Waals surface area contributed by atoms with Crippen molar-refractivity contribution in [2.75, 3.05) is 7.11 Å². The first-order chi connectivity index (χ1) is 19.3. The van der Waals surface area contributed by atoms with Crippen LogP contribution in [0.4, 0.5) is 0 Å². The highest BCUT2D eigenvalue weighted by molar-refractivity contribution is 5.93. The molecule has 1 aromatic carbocycles. The molecule has 7 heteroatoms. The summed E-state index contributed by atoms with van der Waals surface area (Å²) in [7, 11) is 1.55. The molecule has 41 heavy (non-hydrogen) atoms. The molecule has 5 rings (SSSR count). The van der Waals surface area contributed by atoms with Gasteiger partial charge in [-0.3, -0.25) is 14.4 Å². The zero-order valence-corrected chi connectivity index (χ0v) is 25.0. The SMILES string of the molecule is CC(=O)OC1(C(C)=O)CCC2C3C=C(C)C4=CC(=O)CCC4(C)C3CCC21C.COc1ccccc1C=CC(=O)O. The lowest BCUT2D eigenvalue weighted by Crippen LogP contribution is -2.58. The summed E-state index contributed by atoms with van der Waals surface area (Å²) in [4.78, 5) is 47.0. The lowest BCUT2D eigenvalue weighted by atomic mass is 9.47. The molecule has 0 aromatic heterocycles. The smallest absolute Gasteiger partial charge is 0.328 e. The number of methoxy groups -OCH3 is 1. The minimum Gasteiger partial charge on any atom is -0.496 e. The predicted molar refractivity (Wildman–Crippen MR) is 156 cm³/mol. The number of rotatable bonds is 5. The number of benzene rings is 1. The highest BCUT2D eigenvalue weighted by Crippen LogP contribution is 2.67. The summed E-state index contributed by atoms with van der Waals surface area (Å²) in [6, 6.07) is 7.22. The van der Waals surface area contributed by atoms with Gasteiger partial charge in [0, 0.05) is 30.4 Å². The van der Waals surface area contributed by atoms with E-state index < -0.39 is 11.6 Å². The molecule has 0 saturated heterocycles. The Hall–Kier alpha value is -3.48. The van der Waals surface area contributed by atoms with E-state index in [-0.39, 0.29) is 28.4 Å². The summed E-state index contributed by atoms with van der Waals surface area (Å²) in [5.74, 6) is 0.729. The van der Waals surface area contributed by atoms with Gasteiger partial charge in [-0.25, -0.2) is 4.79 Å². The largest absolute Gasteiger partial charge is 0.496 e. The second kappa shape index (κ2) is 11.4. The van der Waals surface area contributed by atoms with Crippen molar-refractivity contribution in [3.05, 3.63) is 59.2 Å². The van der Waals surface area contributed by atoms with Gasteiger partial charge in [0.1, 0.15) is 5.75 Å². The van der Waals surface area contributed by atoms with Crippen LogP contribution in [0.3, 0.4) is 0 Å². The van der Waals surface area contributed by atoms with Crippen LogP contribution in [0.15, 0.2) is 53.6 Å². The first-order valence-corrected chi connectivity index (χ1v) is 14.5. The Labute approximate surface area is 242 Å². The van der Waals surface area contributed by atoms with Crippen LogP contribution in [0, 0.1) is 28.6 Å². The quantitative estimate of drug-likeness (QED) is 0.328. The van der Waals surface area contributed by atoms with E-state index in [0.717, 1.165) is 37.3 Å². The molecule has 4 aliphatic rings. The number of esters is 1. The number of carboxylic acids is 1. The van der Waals surface area contributed by atoms with Crippen LogP contribution in [-0.2, 0) is 23.9 Å². The molecule has 0 spiro atoms. The molecule has 0 bridgehead atoms. The standard InChI is InChI=1S/C24H32O4.C10H10O3/c1-14-12-18-19(22(4)9-6-17(27)13-21(14)22)7-10-23(5)20(18)8-11-24(23,15(2)25)28-16(3)26;1-13-9-5-3-2-4-8(9)6-7-10(11)12/h12-13,18-20H,6-11H2,1-5H3;2-7H,1H3,(H,11,12). The van der Waals surface area contributed by atoms with E-state index in [9.17, 15) is 19.2 Å². The molecule has 4 aliphatic carbocycles. The zero-order chi connectivity index (χ0) is 30.2. The minimum atomic E-state index is -0.990. The Bertz CT molecular complexity index is 1340. The van der Waals surface area contributed by atoms with Crippen molar-refractivity contribution in [2.45, 2.75) is 78.7 Å². The average Bonchev–Trinajstić information content (AvgIpc) is 3.22. The van der Waals surface area contributed by atoms with E-state index >= 15 is 0 Å². The number of ketones is 2. The fourth-order valence-corrected chi connectivity index (χ4v) is 8.44. The van der Waals surface area contributed by atoms with Gasteiger partial charge in [-0.15, -0.1) is 0 Å². The van der Waals surface area contributed by atoms with Crippen LogP contribution in [-0.4, -0.2) is 41.3 Å². The van der Waals surface area contributed by atoms with Gasteiger partial charge in [0.15, 0.2) is 17.2 Å². The summed E-state index contributed by atoms with van der Waals surface area (Å²) < 4.78 is 10.9. The van der Waals surface area contributed by atoms with Crippen molar-refractivity contribution in [3.8, 4) is 5.75 Å². The molecule has 0 radical (unpaired) electrons. The van der Waals surface area contributed by atoms with E-state index in [4.69, 9.17) is 14.6 Å². The van der Waals surface area contributed by atoms with Gasteiger partial charge in [-0.05, 0) is 92.9 Å². The predicted octanol–water partition coefficient (Wildman–Crippen LogP) is 6.37. The van der Waals surface area contributed by atoms with Crippen LogP contribution >= 0.6 is 0 Å². The summed E-state index contributed by atoms with van der Waals surface area (Å²) in [5, 5.41) is 8.41. The molecule has 2 saturated carbocycles. The first-order valence-electron chi connectivity index (χ1n) is 14.5. The number of aliphatic carboxylic acids is 1. The summed E-state index contributed by atoms with van der Waals surface area (Å²) in [6.45, 7) is 9.63. The minimum absolute atomic E-state index is 0.0160. The maximum atomic E-state index is 12.8. The number of hydrogen-bond acceptors (Lipinski definition) is 6.